The number of piperidine rings is 1. The molecule has 0 bridgehead atoms. The van der Waals surface area contributed by atoms with Crippen LogP contribution in [0.3, 0.4) is 0 Å². The van der Waals surface area contributed by atoms with Gasteiger partial charge in [0.2, 0.25) is 15.9 Å². The van der Waals surface area contributed by atoms with Gasteiger partial charge in [0.25, 0.3) is 0 Å². The van der Waals surface area contributed by atoms with Crippen molar-refractivity contribution in [2.24, 2.45) is 5.92 Å². The van der Waals surface area contributed by atoms with Gasteiger partial charge in [0.1, 0.15) is 0 Å². The summed E-state index contributed by atoms with van der Waals surface area (Å²) in [6.45, 7) is 5.95. The standard InChI is InChI=1S/C23H32N4O4S2/c1-2-21(28)25-22-14-18-15-27(16-20(18)32-22)33(30,31)19-9-12-26(13-10-19)23(29)24-11-8-17-6-4-3-5-7-17/h2-7,18-20,22H,1,8-16H2,(H,24,29)(H,25,28). The summed E-state index contributed by atoms with van der Waals surface area (Å²) in [6.07, 6.45) is 3.74. The molecule has 3 unspecified atom stereocenters. The van der Waals surface area contributed by atoms with Crippen LogP contribution in [0.2, 0.25) is 0 Å². The van der Waals surface area contributed by atoms with E-state index in [0.717, 1.165) is 12.8 Å². The number of likely N-dealkylation sites (tertiary alicyclic amines) is 1. The minimum Gasteiger partial charge on any atom is -0.341 e. The maximum absolute atomic E-state index is 13.2. The van der Waals surface area contributed by atoms with E-state index in [9.17, 15) is 18.0 Å². The van der Waals surface area contributed by atoms with E-state index in [1.54, 1.807) is 21.0 Å². The van der Waals surface area contributed by atoms with Crippen LogP contribution < -0.4 is 10.6 Å². The van der Waals surface area contributed by atoms with E-state index >= 15 is 0 Å². The van der Waals surface area contributed by atoms with Gasteiger partial charge >= 0.3 is 6.03 Å². The molecule has 3 aliphatic rings. The first-order valence-electron chi connectivity index (χ1n) is 11.5. The molecule has 1 aromatic rings. The largest absolute Gasteiger partial charge is 0.341 e. The molecule has 8 nitrogen and oxygen atoms in total. The summed E-state index contributed by atoms with van der Waals surface area (Å²) in [4.78, 5) is 25.7. The number of thioether (sulfide) groups is 1. The van der Waals surface area contributed by atoms with Crippen molar-refractivity contribution in [3.05, 3.63) is 48.6 Å². The zero-order valence-corrected chi connectivity index (χ0v) is 20.3. The van der Waals surface area contributed by atoms with Crippen LogP contribution in [0.15, 0.2) is 43.0 Å². The summed E-state index contributed by atoms with van der Waals surface area (Å²) in [7, 11) is -3.39. The van der Waals surface area contributed by atoms with E-state index < -0.39 is 15.3 Å². The number of carbonyl (C=O) groups is 2. The van der Waals surface area contributed by atoms with Crippen molar-refractivity contribution in [1.82, 2.24) is 19.8 Å². The zero-order chi connectivity index (χ0) is 23.4. The normalized spacial score (nSPS) is 26.1. The van der Waals surface area contributed by atoms with E-state index in [2.05, 4.69) is 17.2 Å². The van der Waals surface area contributed by atoms with Gasteiger partial charge in [-0.2, -0.15) is 0 Å². The summed E-state index contributed by atoms with van der Waals surface area (Å²) in [5.41, 5.74) is 1.17. The molecule has 3 amide bonds. The maximum Gasteiger partial charge on any atom is 0.317 e. The molecule has 10 heteroatoms. The maximum atomic E-state index is 13.2. The predicted octanol–water partition coefficient (Wildman–Crippen LogP) is 1.80. The highest BCUT2D eigenvalue weighted by Gasteiger charge is 2.47. The van der Waals surface area contributed by atoms with Crippen LogP contribution in [-0.4, -0.2) is 78.2 Å². The Morgan fingerprint density at radius 1 is 1.15 bits per heavy atom. The zero-order valence-electron chi connectivity index (χ0n) is 18.7. The second kappa shape index (κ2) is 10.5. The molecule has 3 fully saturated rings. The molecule has 0 spiro atoms. The van der Waals surface area contributed by atoms with Gasteiger partial charge in [0.05, 0.1) is 10.6 Å². The average molecular weight is 493 g/mol. The molecule has 3 aliphatic heterocycles. The number of carbonyl (C=O) groups excluding carboxylic acids is 2. The second-order valence-corrected chi connectivity index (χ2v) is 12.5. The third-order valence-corrected chi connectivity index (χ3v) is 10.6. The summed E-state index contributed by atoms with van der Waals surface area (Å²) >= 11 is 1.65. The van der Waals surface area contributed by atoms with E-state index in [4.69, 9.17) is 0 Å². The monoisotopic (exact) mass is 492 g/mol. The third-order valence-electron chi connectivity index (χ3n) is 6.74. The van der Waals surface area contributed by atoms with Gasteiger partial charge in [-0.3, -0.25) is 4.79 Å². The van der Waals surface area contributed by atoms with Crippen LogP contribution in [0.5, 0.6) is 0 Å². The summed E-state index contributed by atoms with van der Waals surface area (Å²) in [6, 6.07) is 9.87. The molecule has 0 aromatic heterocycles. The summed E-state index contributed by atoms with van der Waals surface area (Å²) in [5.74, 6) is 0.0724. The lowest BCUT2D eigenvalue weighted by atomic mass is 10.1. The number of hydrogen-bond acceptors (Lipinski definition) is 5. The molecule has 3 heterocycles. The van der Waals surface area contributed by atoms with Crippen LogP contribution in [0, 0.1) is 5.92 Å². The minimum absolute atomic E-state index is 0.0268. The van der Waals surface area contributed by atoms with Crippen LogP contribution in [0.4, 0.5) is 4.79 Å². The molecule has 3 saturated heterocycles. The Hall–Kier alpha value is -2.04. The van der Waals surface area contributed by atoms with Crippen molar-refractivity contribution in [3.63, 3.8) is 0 Å². The lowest BCUT2D eigenvalue weighted by molar-refractivity contribution is -0.116. The van der Waals surface area contributed by atoms with Gasteiger partial charge in [-0.05, 0) is 43.2 Å². The van der Waals surface area contributed by atoms with E-state index in [-0.39, 0.29) is 28.5 Å². The van der Waals surface area contributed by atoms with Crippen LogP contribution in [-0.2, 0) is 21.2 Å². The molecule has 0 radical (unpaired) electrons. The Kier molecular flexibility index (Phi) is 7.65. The van der Waals surface area contributed by atoms with Crippen molar-refractivity contribution in [2.75, 3.05) is 32.7 Å². The highest BCUT2D eigenvalue weighted by Crippen LogP contribution is 2.43. The summed E-state index contributed by atoms with van der Waals surface area (Å²) < 4.78 is 28.1. The van der Waals surface area contributed by atoms with Crippen molar-refractivity contribution < 1.29 is 18.0 Å². The van der Waals surface area contributed by atoms with Crippen LogP contribution in [0.25, 0.3) is 0 Å². The molecule has 0 aliphatic carbocycles. The number of nitrogens with one attached hydrogen (secondary N) is 2. The fourth-order valence-corrected chi connectivity index (χ4v) is 8.62. The first-order chi connectivity index (χ1) is 15.9. The molecular formula is C23H32N4O4S2. The predicted molar refractivity (Wildman–Crippen MR) is 130 cm³/mol. The van der Waals surface area contributed by atoms with E-state index in [1.807, 2.05) is 30.3 Å². The SMILES string of the molecule is C=CC(=O)NC1CC2CN(S(=O)(=O)C3CCN(C(=O)NCCc4ccccc4)CC3)CC2S1. The van der Waals surface area contributed by atoms with Crippen molar-refractivity contribution in [1.29, 1.82) is 0 Å². The molecular weight excluding hydrogens is 460 g/mol. The lowest BCUT2D eigenvalue weighted by Gasteiger charge is -2.33. The van der Waals surface area contributed by atoms with E-state index in [0.29, 0.717) is 45.6 Å². The Balaban J connectivity index is 1.21. The number of urea groups is 1. The second-order valence-electron chi connectivity index (χ2n) is 8.89. The molecule has 3 atom stereocenters. The van der Waals surface area contributed by atoms with Gasteiger partial charge < -0.3 is 15.5 Å². The number of benzene rings is 1. The Labute approximate surface area is 200 Å². The number of nitrogens with zero attached hydrogens (tertiary/aromatic N) is 2. The Morgan fingerprint density at radius 2 is 1.88 bits per heavy atom. The quantitative estimate of drug-likeness (QED) is 0.566. The smallest absolute Gasteiger partial charge is 0.317 e. The highest BCUT2D eigenvalue weighted by molar-refractivity contribution is 8.00. The van der Waals surface area contributed by atoms with Crippen molar-refractivity contribution in [3.8, 4) is 0 Å². The first kappa shape index (κ1) is 24.1. The summed E-state index contributed by atoms with van der Waals surface area (Å²) in [5, 5.41) is 5.66. The number of sulfonamides is 1. The number of amides is 3. The average Bonchev–Trinajstić information content (AvgIpc) is 3.39. The van der Waals surface area contributed by atoms with Crippen molar-refractivity contribution >= 4 is 33.7 Å². The van der Waals surface area contributed by atoms with Gasteiger partial charge in [0, 0.05) is 38.0 Å². The Morgan fingerprint density at radius 3 is 2.55 bits per heavy atom. The fourth-order valence-electron chi connectivity index (χ4n) is 4.88. The number of fused-ring (bicyclic) bond motifs is 1. The topological polar surface area (TPSA) is 98.8 Å². The van der Waals surface area contributed by atoms with Crippen molar-refractivity contribution in [2.45, 2.75) is 41.6 Å². The molecule has 1 aromatic carbocycles. The molecule has 2 N–H and O–H groups in total. The minimum atomic E-state index is -3.39. The molecule has 4 rings (SSSR count). The van der Waals surface area contributed by atoms with Crippen LogP contribution >= 0.6 is 11.8 Å². The molecule has 0 saturated carbocycles. The molecule has 180 valence electrons. The van der Waals surface area contributed by atoms with Crippen LogP contribution in [0.1, 0.15) is 24.8 Å². The first-order valence-corrected chi connectivity index (χ1v) is 14.0. The lowest BCUT2D eigenvalue weighted by Crippen LogP contribution is -2.49. The van der Waals surface area contributed by atoms with Gasteiger partial charge in [-0.1, -0.05) is 36.9 Å². The number of hydrogen-bond donors (Lipinski definition) is 2. The Bertz CT molecular complexity index is 950. The highest BCUT2D eigenvalue weighted by atomic mass is 32.2. The number of rotatable bonds is 7. The van der Waals surface area contributed by atoms with E-state index in [1.165, 1.54) is 11.6 Å². The van der Waals surface area contributed by atoms with Gasteiger partial charge in [-0.25, -0.2) is 17.5 Å². The van der Waals surface area contributed by atoms with Gasteiger partial charge in [-0.15, -0.1) is 11.8 Å². The molecule has 33 heavy (non-hydrogen) atoms. The van der Waals surface area contributed by atoms with Gasteiger partial charge in [0.15, 0.2) is 0 Å². The third kappa shape index (κ3) is 5.73. The fraction of sp³-hybridized carbons (Fsp3) is 0.565.